The minimum Gasteiger partial charge on any atom is -0.337 e. The van der Waals surface area contributed by atoms with E-state index < -0.39 is 0 Å². The van der Waals surface area contributed by atoms with E-state index >= 15 is 0 Å². The third-order valence-corrected chi connectivity index (χ3v) is 5.22. The van der Waals surface area contributed by atoms with Crippen LogP contribution in [0.5, 0.6) is 0 Å². The number of carbonyl (C=O) groups is 1. The van der Waals surface area contributed by atoms with Crippen LogP contribution in [-0.2, 0) is 17.8 Å². The third-order valence-electron chi connectivity index (χ3n) is 5.22. The van der Waals surface area contributed by atoms with Crippen LogP contribution >= 0.6 is 0 Å². The average molecular weight is 342 g/mol. The van der Waals surface area contributed by atoms with Crippen LogP contribution in [-0.4, -0.2) is 52.1 Å². The van der Waals surface area contributed by atoms with Gasteiger partial charge in [-0.15, -0.1) is 0 Å². The Hall–Kier alpha value is -2.21. The number of H-pyrrole nitrogens is 1. The fraction of sp³-hybridized carbons (Fsp3) is 0.474. The maximum atomic E-state index is 14.1. The normalized spacial score (nSPS) is 18.2. The van der Waals surface area contributed by atoms with E-state index in [4.69, 9.17) is 0 Å². The van der Waals surface area contributed by atoms with Crippen LogP contribution in [0.25, 0.3) is 11.3 Å². The molecule has 2 aliphatic heterocycles. The lowest BCUT2D eigenvalue weighted by molar-refractivity contribution is -0.133. The fourth-order valence-corrected chi connectivity index (χ4v) is 3.79. The van der Waals surface area contributed by atoms with Gasteiger partial charge in [0, 0.05) is 36.3 Å². The van der Waals surface area contributed by atoms with Gasteiger partial charge < -0.3 is 4.90 Å². The number of benzene rings is 1. The molecule has 3 heterocycles. The second kappa shape index (κ2) is 6.96. The summed E-state index contributed by atoms with van der Waals surface area (Å²) in [7, 11) is 0. The summed E-state index contributed by atoms with van der Waals surface area (Å²) in [5.41, 5.74) is 3.08. The number of fused-ring (bicyclic) bond motifs is 1. The first kappa shape index (κ1) is 16.3. The summed E-state index contributed by atoms with van der Waals surface area (Å²) in [5.74, 6) is -0.123. The summed E-state index contributed by atoms with van der Waals surface area (Å²) in [4.78, 5) is 16.8. The zero-order valence-corrected chi connectivity index (χ0v) is 14.3. The number of nitrogens with zero attached hydrogens (tertiary/aromatic N) is 3. The van der Waals surface area contributed by atoms with Gasteiger partial charge in [-0.2, -0.15) is 5.10 Å². The minimum atomic E-state index is -0.284. The molecule has 1 aromatic heterocycles. The lowest BCUT2D eigenvalue weighted by Gasteiger charge is -2.31. The van der Waals surface area contributed by atoms with Crippen LogP contribution < -0.4 is 0 Å². The summed E-state index contributed by atoms with van der Waals surface area (Å²) in [6.45, 7) is 3.71. The number of aromatic nitrogens is 2. The van der Waals surface area contributed by atoms with Gasteiger partial charge in [0.05, 0.1) is 6.54 Å². The molecule has 0 radical (unpaired) electrons. The predicted octanol–water partition coefficient (Wildman–Crippen LogP) is 2.59. The Morgan fingerprint density at radius 2 is 1.96 bits per heavy atom. The van der Waals surface area contributed by atoms with Gasteiger partial charge in [-0.25, -0.2) is 4.39 Å². The van der Waals surface area contributed by atoms with Crippen LogP contribution in [0.1, 0.15) is 30.5 Å². The molecule has 0 spiro atoms. The van der Waals surface area contributed by atoms with Gasteiger partial charge in [0.15, 0.2) is 0 Å². The second-order valence-electron chi connectivity index (χ2n) is 6.91. The van der Waals surface area contributed by atoms with Crippen molar-refractivity contribution in [2.24, 2.45) is 0 Å². The third kappa shape index (κ3) is 3.31. The van der Waals surface area contributed by atoms with Crippen LogP contribution in [0, 0.1) is 5.82 Å². The van der Waals surface area contributed by atoms with E-state index in [-0.39, 0.29) is 11.7 Å². The van der Waals surface area contributed by atoms with Crippen LogP contribution in [0.4, 0.5) is 4.39 Å². The predicted molar refractivity (Wildman–Crippen MR) is 93.4 cm³/mol. The Morgan fingerprint density at radius 3 is 2.76 bits per heavy atom. The smallest absolute Gasteiger partial charge is 0.237 e. The lowest BCUT2D eigenvalue weighted by Crippen LogP contribution is -2.44. The van der Waals surface area contributed by atoms with E-state index in [0.717, 1.165) is 30.8 Å². The Bertz CT molecular complexity index is 767. The Labute approximate surface area is 146 Å². The molecular weight excluding hydrogens is 319 g/mol. The first-order valence-electron chi connectivity index (χ1n) is 9.03. The maximum Gasteiger partial charge on any atom is 0.237 e. The van der Waals surface area contributed by atoms with Crippen LogP contribution in [0.15, 0.2) is 24.3 Å². The molecule has 25 heavy (non-hydrogen) atoms. The Morgan fingerprint density at radius 1 is 1.16 bits per heavy atom. The molecule has 2 aliphatic rings. The highest BCUT2D eigenvalue weighted by molar-refractivity contribution is 5.79. The number of halogens is 1. The Balaban J connectivity index is 1.51. The zero-order valence-electron chi connectivity index (χ0n) is 14.3. The van der Waals surface area contributed by atoms with E-state index in [1.165, 1.54) is 25.3 Å². The van der Waals surface area contributed by atoms with Crippen molar-refractivity contribution in [3.8, 4) is 11.3 Å². The van der Waals surface area contributed by atoms with E-state index in [9.17, 15) is 9.18 Å². The van der Waals surface area contributed by atoms with Crippen LogP contribution in [0.2, 0.25) is 0 Å². The fourth-order valence-electron chi connectivity index (χ4n) is 3.79. The van der Waals surface area contributed by atoms with Crippen molar-refractivity contribution in [1.82, 2.24) is 20.0 Å². The van der Waals surface area contributed by atoms with E-state index in [0.29, 0.717) is 30.9 Å². The molecule has 5 nitrogen and oxygen atoms in total. The highest BCUT2D eigenvalue weighted by Gasteiger charge is 2.27. The van der Waals surface area contributed by atoms with Gasteiger partial charge in [0.25, 0.3) is 0 Å². The zero-order chi connectivity index (χ0) is 17.2. The number of carbonyl (C=O) groups excluding carboxylic acids is 1. The van der Waals surface area contributed by atoms with Crippen molar-refractivity contribution < 1.29 is 9.18 Å². The summed E-state index contributed by atoms with van der Waals surface area (Å²) in [5, 5.41) is 7.35. The number of rotatable bonds is 3. The van der Waals surface area contributed by atoms with Crippen molar-refractivity contribution in [2.45, 2.75) is 32.2 Å². The molecule has 0 atom stereocenters. The van der Waals surface area contributed by atoms with Gasteiger partial charge in [0.2, 0.25) is 5.91 Å². The van der Waals surface area contributed by atoms with E-state index in [2.05, 4.69) is 15.1 Å². The van der Waals surface area contributed by atoms with Gasteiger partial charge in [-0.1, -0.05) is 18.6 Å². The lowest BCUT2D eigenvalue weighted by atomic mass is 10.0. The highest BCUT2D eigenvalue weighted by Crippen LogP contribution is 2.30. The van der Waals surface area contributed by atoms with Crippen molar-refractivity contribution in [1.29, 1.82) is 0 Å². The van der Waals surface area contributed by atoms with Crippen molar-refractivity contribution in [3.05, 3.63) is 41.3 Å². The number of nitrogens with one attached hydrogen (secondary N) is 1. The molecule has 1 saturated heterocycles. The van der Waals surface area contributed by atoms with Crippen LogP contribution in [0.3, 0.4) is 0 Å². The molecule has 0 bridgehead atoms. The molecule has 1 aromatic carbocycles. The molecule has 0 saturated carbocycles. The van der Waals surface area contributed by atoms with Crippen molar-refractivity contribution >= 4 is 5.91 Å². The number of piperidine rings is 1. The number of amides is 1. The standard InChI is InChI=1S/C19H23FN4O/c20-16-7-3-2-6-14(16)19-15-12-24(11-8-17(15)21-22-19)18(25)13-23-9-4-1-5-10-23/h2-3,6-7H,1,4-5,8-13H2,(H,21,22). The maximum absolute atomic E-state index is 14.1. The molecule has 1 N–H and O–H groups in total. The molecular formula is C19H23FN4O. The van der Waals surface area contributed by atoms with Gasteiger partial charge in [-0.3, -0.25) is 14.8 Å². The summed E-state index contributed by atoms with van der Waals surface area (Å²) < 4.78 is 14.1. The molecule has 132 valence electrons. The summed E-state index contributed by atoms with van der Waals surface area (Å²) >= 11 is 0. The highest BCUT2D eigenvalue weighted by atomic mass is 19.1. The first-order valence-corrected chi connectivity index (χ1v) is 9.03. The number of hydrogen-bond donors (Lipinski definition) is 1. The van der Waals surface area contributed by atoms with Crippen molar-refractivity contribution in [2.75, 3.05) is 26.2 Å². The second-order valence-corrected chi connectivity index (χ2v) is 6.91. The first-order chi connectivity index (χ1) is 12.2. The SMILES string of the molecule is O=C(CN1CCCCC1)N1CCc2[nH]nc(-c3ccccc3F)c2C1. The van der Waals surface area contributed by atoms with E-state index in [1.807, 2.05) is 11.0 Å². The number of aromatic amines is 1. The summed E-state index contributed by atoms with van der Waals surface area (Å²) in [6, 6.07) is 6.66. The molecule has 0 unspecified atom stereocenters. The van der Waals surface area contributed by atoms with Gasteiger partial charge >= 0.3 is 0 Å². The minimum absolute atomic E-state index is 0.160. The largest absolute Gasteiger partial charge is 0.337 e. The topological polar surface area (TPSA) is 52.2 Å². The van der Waals surface area contributed by atoms with Crippen molar-refractivity contribution in [3.63, 3.8) is 0 Å². The molecule has 6 heteroatoms. The monoisotopic (exact) mass is 342 g/mol. The Kier molecular flexibility index (Phi) is 4.53. The quantitative estimate of drug-likeness (QED) is 0.933. The van der Waals surface area contributed by atoms with Gasteiger partial charge in [-0.05, 0) is 38.1 Å². The number of hydrogen-bond acceptors (Lipinski definition) is 3. The van der Waals surface area contributed by atoms with E-state index in [1.54, 1.807) is 12.1 Å². The molecule has 0 aliphatic carbocycles. The molecule has 1 fully saturated rings. The molecule has 2 aromatic rings. The molecule has 4 rings (SSSR count). The average Bonchev–Trinajstić information content (AvgIpc) is 3.06. The molecule has 1 amide bonds. The van der Waals surface area contributed by atoms with Gasteiger partial charge in [0.1, 0.15) is 11.5 Å². The summed E-state index contributed by atoms with van der Waals surface area (Å²) in [6.07, 6.45) is 4.36. The number of likely N-dealkylation sites (tertiary alicyclic amines) is 1.